The van der Waals surface area contributed by atoms with Crippen LogP contribution < -0.4 is 14.9 Å². The van der Waals surface area contributed by atoms with E-state index in [-0.39, 0.29) is 10.6 Å². The summed E-state index contributed by atoms with van der Waals surface area (Å²) in [5.74, 6) is -3.27. The smallest absolute Gasteiger partial charge is 0.261 e. The number of rotatable bonds is 5. The standard InChI is InChI=1S/C14H11NO6S/c16-13(17)9-6-10(14(18)19)8-11(7-9)15-22(20,21)12-4-2-1-3-5-12/h1-8,15H,(H,16,17)(H,18,19)/p-2. The van der Waals surface area contributed by atoms with Crippen LogP contribution in [0.2, 0.25) is 0 Å². The maximum atomic E-state index is 12.1. The fourth-order valence-electron chi connectivity index (χ4n) is 1.74. The Kier molecular flexibility index (Phi) is 4.13. The molecule has 0 radical (unpaired) electrons. The Morgan fingerprint density at radius 1 is 0.864 bits per heavy atom. The summed E-state index contributed by atoms with van der Waals surface area (Å²) in [7, 11) is -3.97. The molecule has 0 atom stereocenters. The quantitative estimate of drug-likeness (QED) is 0.770. The van der Waals surface area contributed by atoms with Crippen LogP contribution in [0.15, 0.2) is 53.4 Å². The first kappa shape index (κ1) is 15.5. The van der Waals surface area contributed by atoms with E-state index in [9.17, 15) is 28.2 Å². The monoisotopic (exact) mass is 319 g/mol. The van der Waals surface area contributed by atoms with Gasteiger partial charge in [-0.2, -0.15) is 0 Å². The van der Waals surface area contributed by atoms with Gasteiger partial charge in [0.1, 0.15) is 0 Å². The molecule has 2 aromatic rings. The lowest BCUT2D eigenvalue weighted by atomic mass is 10.1. The average molecular weight is 319 g/mol. The zero-order valence-corrected chi connectivity index (χ0v) is 11.8. The Bertz CT molecular complexity index is 797. The zero-order chi connectivity index (χ0) is 16.3. The lowest BCUT2D eigenvalue weighted by molar-refractivity contribution is -0.255. The lowest BCUT2D eigenvalue weighted by Crippen LogP contribution is -2.26. The molecule has 114 valence electrons. The number of sulfonamides is 1. The molecule has 0 bridgehead atoms. The summed E-state index contributed by atoms with van der Waals surface area (Å²) in [6, 6.07) is 10.1. The van der Waals surface area contributed by atoms with Crippen LogP contribution >= 0.6 is 0 Å². The number of carbonyl (C=O) groups excluding carboxylic acids is 2. The number of aromatic carboxylic acids is 2. The molecule has 0 heterocycles. The Hall–Kier alpha value is -2.87. The van der Waals surface area contributed by atoms with E-state index in [1.165, 1.54) is 24.3 Å². The molecule has 0 aliphatic heterocycles. The number of nitrogens with one attached hydrogen (secondary N) is 1. The first-order chi connectivity index (χ1) is 10.3. The summed E-state index contributed by atoms with van der Waals surface area (Å²) >= 11 is 0. The molecule has 0 aromatic heterocycles. The van der Waals surface area contributed by atoms with Crippen LogP contribution in [0, 0.1) is 0 Å². The number of carboxylic acid groups (broad SMARTS) is 2. The molecular formula is C14H9NO6S-2. The van der Waals surface area contributed by atoms with Crippen molar-refractivity contribution in [2.24, 2.45) is 0 Å². The Morgan fingerprint density at radius 3 is 1.82 bits per heavy atom. The number of hydrogen-bond acceptors (Lipinski definition) is 6. The third kappa shape index (κ3) is 3.41. The van der Waals surface area contributed by atoms with Crippen LogP contribution in [0.25, 0.3) is 0 Å². The summed E-state index contributed by atoms with van der Waals surface area (Å²) < 4.78 is 26.4. The van der Waals surface area contributed by atoms with Crippen LogP contribution in [-0.2, 0) is 10.0 Å². The molecule has 8 heteroatoms. The van der Waals surface area contributed by atoms with Crippen molar-refractivity contribution in [1.82, 2.24) is 0 Å². The lowest BCUT2D eigenvalue weighted by Gasteiger charge is -2.13. The Morgan fingerprint density at radius 2 is 1.36 bits per heavy atom. The van der Waals surface area contributed by atoms with Crippen LogP contribution in [0.5, 0.6) is 0 Å². The van der Waals surface area contributed by atoms with Gasteiger partial charge in [-0.25, -0.2) is 8.42 Å². The fourth-order valence-corrected chi connectivity index (χ4v) is 2.80. The highest BCUT2D eigenvalue weighted by molar-refractivity contribution is 7.92. The van der Waals surface area contributed by atoms with Crippen molar-refractivity contribution in [3.63, 3.8) is 0 Å². The van der Waals surface area contributed by atoms with E-state index in [0.29, 0.717) is 0 Å². The van der Waals surface area contributed by atoms with Crippen molar-refractivity contribution in [3.05, 3.63) is 59.7 Å². The number of carboxylic acids is 2. The van der Waals surface area contributed by atoms with Crippen molar-refractivity contribution in [2.45, 2.75) is 4.90 Å². The summed E-state index contributed by atoms with van der Waals surface area (Å²) in [5.41, 5.74) is -1.18. The summed E-state index contributed by atoms with van der Waals surface area (Å²) in [5, 5.41) is 21.7. The van der Waals surface area contributed by atoms with Crippen molar-refractivity contribution >= 4 is 27.6 Å². The highest BCUT2D eigenvalue weighted by atomic mass is 32.2. The van der Waals surface area contributed by atoms with Gasteiger partial charge in [0.05, 0.1) is 22.5 Å². The van der Waals surface area contributed by atoms with Crippen LogP contribution in [0.3, 0.4) is 0 Å². The van der Waals surface area contributed by atoms with Gasteiger partial charge in [0.15, 0.2) is 0 Å². The van der Waals surface area contributed by atoms with E-state index < -0.39 is 33.1 Å². The van der Waals surface area contributed by atoms with Gasteiger partial charge in [-0.3, -0.25) is 4.72 Å². The van der Waals surface area contributed by atoms with Crippen molar-refractivity contribution in [1.29, 1.82) is 0 Å². The molecule has 1 N–H and O–H groups in total. The number of benzene rings is 2. The fraction of sp³-hybridized carbons (Fsp3) is 0. The van der Waals surface area contributed by atoms with E-state index in [1.54, 1.807) is 6.07 Å². The van der Waals surface area contributed by atoms with E-state index in [1.807, 2.05) is 0 Å². The normalized spacial score (nSPS) is 10.9. The van der Waals surface area contributed by atoms with E-state index in [4.69, 9.17) is 0 Å². The molecule has 22 heavy (non-hydrogen) atoms. The molecule has 0 spiro atoms. The predicted molar refractivity (Wildman–Crippen MR) is 72.4 cm³/mol. The predicted octanol–water partition coefficient (Wildman–Crippen LogP) is -0.786. The maximum Gasteiger partial charge on any atom is 0.261 e. The SMILES string of the molecule is O=C([O-])c1cc(NS(=O)(=O)c2ccccc2)cc(C(=O)[O-])c1. The maximum absolute atomic E-state index is 12.1. The van der Waals surface area contributed by atoms with Crippen LogP contribution in [0.4, 0.5) is 5.69 Å². The van der Waals surface area contributed by atoms with Gasteiger partial charge in [-0.15, -0.1) is 0 Å². The molecule has 0 fully saturated rings. The first-order valence-corrected chi connectivity index (χ1v) is 7.43. The number of anilines is 1. The molecule has 2 rings (SSSR count). The van der Waals surface area contributed by atoms with Crippen molar-refractivity contribution < 1.29 is 28.2 Å². The Labute approximate surface area is 125 Å². The molecule has 2 aromatic carbocycles. The second kappa shape index (κ2) is 5.86. The van der Waals surface area contributed by atoms with Gasteiger partial charge >= 0.3 is 0 Å². The zero-order valence-electron chi connectivity index (χ0n) is 11.0. The Balaban J connectivity index is 2.45. The minimum Gasteiger partial charge on any atom is -0.545 e. The largest absolute Gasteiger partial charge is 0.545 e. The first-order valence-electron chi connectivity index (χ1n) is 5.95. The molecule has 0 aliphatic rings. The topological polar surface area (TPSA) is 126 Å². The van der Waals surface area contributed by atoms with Crippen molar-refractivity contribution in [3.8, 4) is 0 Å². The molecule has 0 saturated carbocycles. The molecule has 0 aliphatic carbocycles. The van der Waals surface area contributed by atoms with E-state index in [2.05, 4.69) is 4.72 Å². The third-order valence-electron chi connectivity index (χ3n) is 2.71. The summed E-state index contributed by atoms with van der Waals surface area (Å²) in [6.07, 6.45) is 0. The average Bonchev–Trinajstić information content (AvgIpc) is 2.47. The van der Waals surface area contributed by atoms with Crippen molar-refractivity contribution in [2.75, 3.05) is 4.72 Å². The second-order valence-electron chi connectivity index (χ2n) is 4.29. The highest BCUT2D eigenvalue weighted by Gasteiger charge is 2.14. The molecule has 0 amide bonds. The second-order valence-corrected chi connectivity index (χ2v) is 5.97. The van der Waals surface area contributed by atoms with Gasteiger partial charge in [0, 0.05) is 0 Å². The minimum absolute atomic E-state index is 0.0520. The van der Waals surface area contributed by atoms with Crippen LogP contribution in [-0.4, -0.2) is 20.4 Å². The van der Waals surface area contributed by atoms with Crippen LogP contribution in [0.1, 0.15) is 20.7 Å². The molecule has 7 nitrogen and oxygen atoms in total. The molecule has 0 saturated heterocycles. The van der Waals surface area contributed by atoms with Gasteiger partial charge in [-0.05, 0) is 41.5 Å². The molecular weight excluding hydrogens is 310 g/mol. The van der Waals surface area contributed by atoms with Gasteiger partial charge in [-0.1, -0.05) is 18.2 Å². The van der Waals surface area contributed by atoms with Gasteiger partial charge in [0.25, 0.3) is 10.0 Å². The van der Waals surface area contributed by atoms with E-state index >= 15 is 0 Å². The number of hydrogen-bond donors (Lipinski definition) is 1. The minimum atomic E-state index is -3.97. The summed E-state index contributed by atoms with van der Waals surface area (Å²) in [4.78, 5) is 21.7. The van der Waals surface area contributed by atoms with Gasteiger partial charge in [0.2, 0.25) is 0 Å². The van der Waals surface area contributed by atoms with E-state index in [0.717, 1.165) is 18.2 Å². The number of carbonyl (C=O) groups is 2. The summed E-state index contributed by atoms with van der Waals surface area (Å²) in [6.45, 7) is 0. The highest BCUT2D eigenvalue weighted by Crippen LogP contribution is 2.19. The van der Waals surface area contributed by atoms with Gasteiger partial charge < -0.3 is 19.8 Å². The third-order valence-corrected chi connectivity index (χ3v) is 4.11. The molecule has 0 unspecified atom stereocenters.